The Morgan fingerprint density at radius 3 is 2.62 bits per heavy atom. The molecule has 0 bridgehead atoms. The largest absolute Gasteiger partial charge is 0.339 e. The van der Waals surface area contributed by atoms with Gasteiger partial charge in [0.25, 0.3) is 5.91 Å². The van der Waals surface area contributed by atoms with E-state index < -0.39 is 0 Å². The quantitative estimate of drug-likeness (QED) is 0.642. The molecule has 5 heteroatoms. The van der Waals surface area contributed by atoms with Crippen LogP contribution in [0.3, 0.4) is 0 Å². The minimum Gasteiger partial charge on any atom is -0.339 e. The number of halogens is 1. The first kappa shape index (κ1) is 18.6. The van der Waals surface area contributed by atoms with Gasteiger partial charge in [0, 0.05) is 15.5 Å². The van der Waals surface area contributed by atoms with Crippen LogP contribution < -0.4 is 10.2 Å². The number of nitrogens with one attached hydrogen (secondary N) is 2. The smallest absolute Gasteiger partial charge is 0.275 e. The number of carbonyl (C=O) groups excluding carboxylic acids is 1. The minimum atomic E-state index is -0.109. The lowest BCUT2D eigenvalue weighted by molar-refractivity contribution is -0.885. The molecule has 0 aliphatic carbocycles. The number of quaternary nitrogens is 1. The van der Waals surface area contributed by atoms with Crippen molar-refractivity contribution in [3.05, 3.63) is 93.1 Å². The van der Waals surface area contributed by atoms with Crippen LogP contribution in [0.5, 0.6) is 0 Å². The molecule has 3 rings (SSSR count). The van der Waals surface area contributed by atoms with Crippen LogP contribution in [0.15, 0.2) is 72.1 Å². The van der Waals surface area contributed by atoms with Gasteiger partial charge in [0.2, 0.25) is 0 Å². The Bertz CT molecular complexity index is 836. The highest BCUT2D eigenvalue weighted by atomic mass is 35.5. The number of thiophene rings is 1. The number of benzene rings is 2. The van der Waals surface area contributed by atoms with E-state index in [-0.39, 0.29) is 11.9 Å². The lowest BCUT2D eigenvalue weighted by Gasteiger charge is -2.20. The molecule has 0 fully saturated rings. The van der Waals surface area contributed by atoms with Gasteiger partial charge in [0.05, 0.1) is 13.1 Å². The van der Waals surface area contributed by atoms with E-state index in [4.69, 9.17) is 11.6 Å². The van der Waals surface area contributed by atoms with Crippen LogP contribution in [0.25, 0.3) is 0 Å². The van der Waals surface area contributed by atoms with Crippen molar-refractivity contribution in [1.29, 1.82) is 0 Å². The van der Waals surface area contributed by atoms with Crippen molar-refractivity contribution in [3.63, 3.8) is 0 Å². The van der Waals surface area contributed by atoms with Crippen LogP contribution in [0.1, 0.15) is 22.0 Å². The first-order valence-corrected chi connectivity index (χ1v) is 9.81. The zero-order valence-electron chi connectivity index (χ0n) is 14.6. The highest BCUT2D eigenvalue weighted by molar-refractivity contribution is 7.10. The van der Waals surface area contributed by atoms with Gasteiger partial charge in [-0.2, -0.15) is 0 Å². The molecule has 0 spiro atoms. The summed E-state index contributed by atoms with van der Waals surface area (Å²) in [5, 5.41) is 5.95. The molecule has 1 aromatic heterocycles. The van der Waals surface area contributed by atoms with Gasteiger partial charge < -0.3 is 10.2 Å². The molecule has 1 amide bonds. The molecule has 0 saturated carbocycles. The number of rotatable bonds is 7. The van der Waals surface area contributed by atoms with Crippen molar-refractivity contribution in [2.45, 2.75) is 12.6 Å². The van der Waals surface area contributed by atoms with Crippen molar-refractivity contribution in [2.75, 3.05) is 13.6 Å². The maximum Gasteiger partial charge on any atom is 0.275 e. The molecule has 2 N–H and O–H groups in total. The molecule has 0 aliphatic rings. The SMILES string of the molecule is C[NH+](CC(=O)N[C@@H](c1ccccc1)c1cccs1)Cc1cccc(Cl)c1. The summed E-state index contributed by atoms with van der Waals surface area (Å²) in [6.07, 6.45) is 0. The number of hydrogen-bond acceptors (Lipinski definition) is 2. The van der Waals surface area contributed by atoms with E-state index in [9.17, 15) is 4.79 Å². The molecule has 2 atom stereocenters. The minimum absolute atomic E-state index is 0.0341. The molecule has 26 heavy (non-hydrogen) atoms. The first-order valence-electron chi connectivity index (χ1n) is 8.55. The third-order valence-corrected chi connectivity index (χ3v) is 5.30. The van der Waals surface area contributed by atoms with Crippen molar-refractivity contribution in [3.8, 4) is 0 Å². The summed E-state index contributed by atoms with van der Waals surface area (Å²) >= 11 is 7.70. The zero-order chi connectivity index (χ0) is 18.4. The van der Waals surface area contributed by atoms with E-state index >= 15 is 0 Å². The predicted molar refractivity (Wildman–Crippen MR) is 108 cm³/mol. The normalized spacial score (nSPS) is 13.2. The molecule has 0 saturated heterocycles. The Morgan fingerprint density at radius 1 is 1.12 bits per heavy atom. The third kappa shape index (κ3) is 5.18. The van der Waals surface area contributed by atoms with Crippen molar-refractivity contribution in [2.24, 2.45) is 0 Å². The second-order valence-corrected chi connectivity index (χ2v) is 7.78. The summed E-state index contributed by atoms with van der Waals surface area (Å²) in [5.74, 6) is 0.0341. The Balaban J connectivity index is 1.64. The number of amides is 1. The van der Waals surface area contributed by atoms with Gasteiger partial charge in [0.1, 0.15) is 6.54 Å². The standard InChI is InChI=1S/C21H21ClN2OS/c1-24(14-16-7-5-10-18(22)13-16)15-20(25)23-21(19-11-6-12-26-19)17-8-3-2-4-9-17/h2-13,21H,14-15H2,1H3,(H,23,25)/p+1/t21-/m0/s1. The summed E-state index contributed by atoms with van der Waals surface area (Å²) in [7, 11) is 2.02. The second kappa shape index (κ2) is 8.99. The van der Waals surface area contributed by atoms with Gasteiger partial charge >= 0.3 is 0 Å². The molecule has 1 unspecified atom stereocenters. The van der Waals surface area contributed by atoms with Gasteiger partial charge in [-0.3, -0.25) is 4.79 Å². The first-order chi connectivity index (χ1) is 12.6. The van der Waals surface area contributed by atoms with Crippen molar-refractivity contribution >= 4 is 28.8 Å². The average molecular weight is 386 g/mol. The Labute approximate surface area is 163 Å². The molecule has 1 heterocycles. The summed E-state index contributed by atoms with van der Waals surface area (Å²) < 4.78 is 0. The number of hydrogen-bond donors (Lipinski definition) is 2. The topological polar surface area (TPSA) is 33.5 Å². The summed E-state index contributed by atoms with van der Waals surface area (Å²) in [4.78, 5) is 14.9. The van der Waals surface area contributed by atoms with Gasteiger partial charge in [-0.25, -0.2) is 0 Å². The van der Waals surface area contributed by atoms with Crippen LogP contribution in [-0.2, 0) is 11.3 Å². The summed E-state index contributed by atoms with van der Waals surface area (Å²) in [6.45, 7) is 1.16. The molecule has 0 aliphatic heterocycles. The van der Waals surface area contributed by atoms with E-state index in [1.807, 2.05) is 73.1 Å². The van der Waals surface area contributed by atoms with Gasteiger partial charge in [-0.15, -0.1) is 11.3 Å². The molecular formula is C21H22ClN2OS+. The zero-order valence-corrected chi connectivity index (χ0v) is 16.2. The molecule has 0 radical (unpaired) electrons. The molecular weight excluding hydrogens is 364 g/mol. The highest BCUT2D eigenvalue weighted by Crippen LogP contribution is 2.25. The second-order valence-electron chi connectivity index (χ2n) is 6.37. The van der Waals surface area contributed by atoms with Crippen LogP contribution in [0, 0.1) is 0 Å². The lowest BCUT2D eigenvalue weighted by atomic mass is 10.1. The van der Waals surface area contributed by atoms with Gasteiger partial charge in [-0.1, -0.05) is 60.1 Å². The molecule has 134 valence electrons. The monoisotopic (exact) mass is 385 g/mol. The Kier molecular flexibility index (Phi) is 6.45. The van der Waals surface area contributed by atoms with Gasteiger partial charge in [-0.05, 0) is 29.1 Å². The van der Waals surface area contributed by atoms with Crippen LogP contribution in [0.4, 0.5) is 0 Å². The fourth-order valence-corrected chi connectivity index (χ4v) is 3.98. The third-order valence-electron chi connectivity index (χ3n) is 4.12. The maximum atomic E-state index is 12.6. The Morgan fingerprint density at radius 2 is 1.92 bits per heavy atom. The number of carbonyl (C=O) groups is 1. The van der Waals surface area contributed by atoms with Crippen LogP contribution >= 0.6 is 22.9 Å². The average Bonchev–Trinajstić information content (AvgIpc) is 3.14. The predicted octanol–water partition coefficient (Wildman–Crippen LogP) is 3.32. The van der Waals surface area contributed by atoms with Crippen molar-refractivity contribution < 1.29 is 9.69 Å². The van der Waals surface area contributed by atoms with E-state index in [1.165, 1.54) is 0 Å². The fourth-order valence-electron chi connectivity index (χ4n) is 2.96. The molecule has 3 aromatic rings. The Hall–Kier alpha value is -2.14. The highest BCUT2D eigenvalue weighted by Gasteiger charge is 2.19. The van der Waals surface area contributed by atoms with E-state index in [0.717, 1.165) is 32.5 Å². The van der Waals surface area contributed by atoms with E-state index in [2.05, 4.69) is 11.4 Å². The molecule has 3 nitrogen and oxygen atoms in total. The summed E-state index contributed by atoms with van der Waals surface area (Å²) in [5.41, 5.74) is 2.22. The lowest BCUT2D eigenvalue weighted by Crippen LogP contribution is -3.08. The maximum absolute atomic E-state index is 12.6. The summed E-state index contributed by atoms with van der Waals surface area (Å²) in [6, 6.07) is 21.8. The van der Waals surface area contributed by atoms with E-state index in [0.29, 0.717) is 6.54 Å². The van der Waals surface area contributed by atoms with Gasteiger partial charge in [0.15, 0.2) is 6.54 Å². The molecule has 2 aromatic carbocycles. The van der Waals surface area contributed by atoms with E-state index in [1.54, 1.807) is 11.3 Å². The van der Waals surface area contributed by atoms with Crippen molar-refractivity contribution in [1.82, 2.24) is 5.32 Å². The van der Waals surface area contributed by atoms with Crippen LogP contribution in [-0.4, -0.2) is 19.5 Å². The number of likely N-dealkylation sites (N-methyl/N-ethyl adjacent to an activating group) is 1. The van der Waals surface area contributed by atoms with Crippen LogP contribution in [0.2, 0.25) is 5.02 Å². The fraction of sp³-hybridized carbons (Fsp3) is 0.190.